The fourth-order valence-corrected chi connectivity index (χ4v) is 4.61. The lowest BCUT2D eigenvalue weighted by Crippen LogP contribution is -2.48. The first-order chi connectivity index (χ1) is 9.00. The predicted molar refractivity (Wildman–Crippen MR) is 80.4 cm³/mol. The summed E-state index contributed by atoms with van der Waals surface area (Å²) >= 11 is 1.79. The molecular weight excluding hydrogens is 256 g/mol. The van der Waals surface area contributed by atoms with Gasteiger partial charge >= 0.3 is 0 Å². The molecule has 0 spiro atoms. The Hall–Kier alpha value is -0.510. The van der Waals surface area contributed by atoms with Gasteiger partial charge in [-0.25, -0.2) is 0 Å². The van der Waals surface area contributed by atoms with Gasteiger partial charge in [-0.3, -0.25) is 0 Å². The van der Waals surface area contributed by atoms with Crippen LogP contribution in [0.2, 0.25) is 0 Å². The molecule has 0 bridgehead atoms. The first-order valence-electron chi connectivity index (χ1n) is 7.03. The Bertz CT molecular complexity index is 396. The van der Waals surface area contributed by atoms with Gasteiger partial charge in [0.05, 0.1) is 12.7 Å². The van der Waals surface area contributed by atoms with Gasteiger partial charge in [0.1, 0.15) is 0 Å². The molecule has 1 aromatic carbocycles. The van der Waals surface area contributed by atoms with Gasteiger partial charge in [-0.05, 0) is 25.0 Å². The van der Waals surface area contributed by atoms with Crippen molar-refractivity contribution in [3.05, 3.63) is 30.3 Å². The fraction of sp³-hybridized carbons (Fsp3) is 0.625. The molecule has 1 saturated carbocycles. The molecule has 0 aliphatic heterocycles. The normalized spacial score (nSPS) is 20.4. The van der Waals surface area contributed by atoms with Gasteiger partial charge in [0.2, 0.25) is 0 Å². The summed E-state index contributed by atoms with van der Waals surface area (Å²) in [5.74, 6) is 0. The van der Waals surface area contributed by atoms with Gasteiger partial charge in [0.15, 0.2) is 0 Å². The molecule has 2 nitrogen and oxygen atoms in total. The summed E-state index contributed by atoms with van der Waals surface area (Å²) in [7, 11) is 0. The van der Waals surface area contributed by atoms with Crippen molar-refractivity contribution in [3.8, 4) is 0 Å². The van der Waals surface area contributed by atoms with Crippen LogP contribution in [-0.4, -0.2) is 27.7 Å². The summed E-state index contributed by atoms with van der Waals surface area (Å²) in [6.45, 7) is 3.91. The van der Waals surface area contributed by atoms with Gasteiger partial charge < -0.3 is 10.2 Å². The summed E-state index contributed by atoms with van der Waals surface area (Å²) in [6.07, 6.45) is 3.89. The minimum absolute atomic E-state index is 0.0191. The third kappa shape index (κ3) is 3.15. The smallest absolute Gasteiger partial charge is 0.0763 e. The van der Waals surface area contributed by atoms with E-state index in [4.69, 9.17) is 0 Å². The van der Waals surface area contributed by atoms with Crippen LogP contribution >= 0.6 is 11.8 Å². The van der Waals surface area contributed by atoms with Crippen LogP contribution in [0.4, 0.5) is 0 Å². The van der Waals surface area contributed by atoms with Crippen molar-refractivity contribution in [2.75, 3.05) is 6.61 Å². The Morgan fingerprint density at radius 2 is 1.79 bits per heavy atom. The number of benzene rings is 1. The second-order valence-corrected chi connectivity index (χ2v) is 7.72. The summed E-state index contributed by atoms with van der Waals surface area (Å²) in [6, 6.07) is 10.3. The Morgan fingerprint density at radius 1 is 1.21 bits per heavy atom. The molecular formula is C16H24O2S. The molecule has 2 rings (SSSR count). The molecule has 0 amide bonds. The van der Waals surface area contributed by atoms with Crippen molar-refractivity contribution in [1.82, 2.24) is 0 Å². The molecule has 0 radical (unpaired) electrons. The highest BCUT2D eigenvalue weighted by Crippen LogP contribution is 2.51. The average molecular weight is 280 g/mol. The maximum absolute atomic E-state index is 10.8. The van der Waals surface area contributed by atoms with Crippen LogP contribution in [0.5, 0.6) is 0 Å². The molecule has 0 aromatic heterocycles. The lowest BCUT2D eigenvalue weighted by atomic mass is 9.79. The van der Waals surface area contributed by atoms with E-state index < -0.39 is 11.5 Å². The minimum Gasteiger partial charge on any atom is -0.396 e. The zero-order chi connectivity index (χ0) is 13.9. The van der Waals surface area contributed by atoms with E-state index in [1.807, 2.05) is 32.0 Å². The molecule has 19 heavy (non-hydrogen) atoms. The van der Waals surface area contributed by atoms with Gasteiger partial charge in [0.25, 0.3) is 0 Å². The third-order valence-electron chi connectivity index (χ3n) is 4.16. The lowest BCUT2D eigenvalue weighted by molar-refractivity contribution is -0.0163. The van der Waals surface area contributed by atoms with Crippen molar-refractivity contribution in [2.45, 2.75) is 55.3 Å². The lowest BCUT2D eigenvalue weighted by Gasteiger charge is -2.42. The van der Waals surface area contributed by atoms with E-state index in [2.05, 4.69) is 12.1 Å². The van der Waals surface area contributed by atoms with Crippen LogP contribution in [0.3, 0.4) is 0 Å². The van der Waals surface area contributed by atoms with E-state index in [1.165, 1.54) is 17.7 Å². The maximum atomic E-state index is 10.8. The molecule has 1 aliphatic carbocycles. The molecule has 3 heteroatoms. The number of aliphatic hydroxyl groups excluding tert-OH is 2. The molecule has 0 heterocycles. The highest BCUT2D eigenvalue weighted by Gasteiger charge is 2.47. The second-order valence-electron chi connectivity index (χ2n) is 6.24. The minimum atomic E-state index is -0.488. The van der Waals surface area contributed by atoms with Gasteiger partial charge in [-0.1, -0.05) is 44.9 Å². The third-order valence-corrected chi connectivity index (χ3v) is 5.71. The van der Waals surface area contributed by atoms with E-state index in [0.717, 1.165) is 12.8 Å². The highest BCUT2D eigenvalue weighted by molar-refractivity contribution is 8.00. The topological polar surface area (TPSA) is 40.5 Å². The van der Waals surface area contributed by atoms with Crippen LogP contribution in [0, 0.1) is 5.41 Å². The van der Waals surface area contributed by atoms with Crippen LogP contribution < -0.4 is 0 Å². The van der Waals surface area contributed by atoms with Crippen LogP contribution in [0.25, 0.3) is 0 Å². The molecule has 0 saturated heterocycles. The van der Waals surface area contributed by atoms with Crippen molar-refractivity contribution >= 4 is 11.8 Å². The quantitative estimate of drug-likeness (QED) is 0.867. The van der Waals surface area contributed by atoms with Crippen molar-refractivity contribution < 1.29 is 10.2 Å². The molecule has 106 valence electrons. The van der Waals surface area contributed by atoms with E-state index >= 15 is 0 Å². The number of aliphatic hydroxyl groups is 2. The SMILES string of the molecule is CC(C)(CO)C(O)C1(Sc2ccccc2)CCCC1. The molecule has 1 aromatic rings. The maximum Gasteiger partial charge on any atom is 0.0763 e. The number of hydrogen-bond donors (Lipinski definition) is 2. The van der Waals surface area contributed by atoms with Crippen molar-refractivity contribution in [1.29, 1.82) is 0 Å². The van der Waals surface area contributed by atoms with E-state index in [9.17, 15) is 10.2 Å². The monoisotopic (exact) mass is 280 g/mol. The molecule has 2 N–H and O–H groups in total. The van der Waals surface area contributed by atoms with Crippen LogP contribution in [0.1, 0.15) is 39.5 Å². The first kappa shape index (κ1) is 14.9. The van der Waals surface area contributed by atoms with E-state index in [1.54, 1.807) is 11.8 Å². The summed E-state index contributed by atoms with van der Waals surface area (Å²) in [5, 5.41) is 20.3. The number of rotatable bonds is 5. The zero-order valence-electron chi connectivity index (χ0n) is 11.8. The largest absolute Gasteiger partial charge is 0.396 e. The Morgan fingerprint density at radius 3 is 2.32 bits per heavy atom. The highest BCUT2D eigenvalue weighted by atomic mass is 32.2. The predicted octanol–water partition coefficient (Wildman–Crippen LogP) is 3.47. The average Bonchev–Trinajstić information content (AvgIpc) is 2.88. The Kier molecular flexibility index (Phi) is 4.59. The summed E-state index contributed by atoms with van der Waals surface area (Å²) in [5.41, 5.74) is -0.452. The van der Waals surface area contributed by atoms with Gasteiger partial charge in [0, 0.05) is 15.1 Å². The molecule has 1 aliphatic rings. The first-order valence-corrected chi connectivity index (χ1v) is 7.85. The second kappa shape index (κ2) is 5.86. The number of hydrogen-bond acceptors (Lipinski definition) is 3. The molecule has 1 atom stereocenters. The van der Waals surface area contributed by atoms with Gasteiger partial charge in [-0.2, -0.15) is 0 Å². The number of thioether (sulfide) groups is 1. The summed E-state index contributed by atoms with van der Waals surface area (Å²) < 4.78 is -0.145. The zero-order valence-corrected chi connectivity index (χ0v) is 12.6. The standard InChI is InChI=1S/C16H24O2S/c1-15(2,12-17)14(18)16(10-6-7-11-16)19-13-8-4-3-5-9-13/h3-5,8-9,14,17-18H,6-7,10-12H2,1-2H3. The fourth-order valence-electron chi connectivity index (χ4n) is 2.93. The van der Waals surface area contributed by atoms with Crippen molar-refractivity contribution in [2.24, 2.45) is 5.41 Å². The Labute approximate surface area is 120 Å². The summed E-state index contributed by atoms with van der Waals surface area (Å²) in [4.78, 5) is 1.21. The van der Waals surface area contributed by atoms with Crippen LogP contribution in [-0.2, 0) is 0 Å². The molecule has 1 fully saturated rings. The Balaban J connectivity index is 2.23. The van der Waals surface area contributed by atoms with Crippen LogP contribution in [0.15, 0.2) is 35.2 Å². The van der Waals surface area contributed by atoms with E-state index in [-0.39, 0.29) is 11.4 Å². The van der Waals surface area contributed by atoms with Crippen molar-refractivity contribution in [3.63, 3.8) is 0 Å². The van der Waals surface area contributed by atoms with E-state index in [0.29, 0.717) is 0 Å². The molecule has 1 unspecified atom stereocenters. The van der Waals surface area contributed by atoms with Gasteiger partial charge in [-0.15, -0.1) is 11.8 Å².